The number of carbonyl (C=O) groups excluding carboxylic acids is 1. The van der Waals surface area contributed by atoms with Gasteiger partial charge in [-0.1, -0.05) is 6.07 Å². The molecular formula is C23H28N6O3. The summed E-state index contributed by atoms with van der Waals surface area (Å²) in [6.07, 6.45) is 9.30. The summed E-state index contributed by atoms with van der Waals surface area (Å²) in [6.45, 7) is 3.84. The Labute approximate surface area is 187 Å². The lowest BCUT2D eigenvalue weighted by molar-refractivity contribution is -0.122. The summed E-state index contributed by atoms with van der Waals surface area (Å²) in [5.41, 5.74) is 1.08. The average molecular weight is 437 g/mol. The van der Waals surface area contributed by atoms with Gasteiger partial charge in [0, 0.05) is 31.7 Å². The van der Waals surface area contributed by atoms with E-state index >= 15 is 0 Å². The summed E-state index contributed by atoms with van der Waals surface area (Å²) in [6, 6.07) is 7.46. The SMILES string of the molecule is CCOc1cc(CCNC(=O)C2CCCN2c2ccnc(-n3ccnc3)n2)ccc1OC. The summed E-state index contributed by atoms with van der Waals surface area (Å²) in [4.78, 5) is 28.0. The Bertz CT molecular complexity index is 1040. The van der Waals surface area contributed by atoms with E-state index in [0.717, 1.165) is 36.5 Å². The second kappa shape index (κ2) is 10.1. The molecule has 0 saturated carbocycles. The van der Waals surface area contributed by atoms with Crippen molar-refractivity contribution >= 4 is 11.7 Å². The fourth-order valence-corrected chi connectivity index (χ4v) is 3.91. The molecule has 0 radical (unpaired) electrons. The fraction of sp³-hybridized carbons (Fsp3) is 0.391. The third kappa shape index (κ3) is 4.82. The van der Waals surface area contributed by atoms with Crippen LogP contribution in [0.4, 0.5) is 5.82 Å². The number of aromatic nitrogens is 4. The summed E-state index contributed by atoms with van der Waals surface area (Å²) < 4.78 is 12.7. The molecule has 9 heteroatoms. The van der Waals surface area contributed by atoms with Gasteiger partial charge >= 0.3 is 0 Å². The average Bonchev–Trinajstić information content (AvgIpc) is 3.52. The molecule has 1 N–H and O–H groups in total. The summed E-state index contributed by atoms with van der Waals surface area (Å²) in [5.74, 6) is 2.73. The maximum absolute atomic E-state index is 12.9. The van der Waals surface area contributed by atoms with Crippen LogP contribution in [-0.2, 0) is 11.2 Å². The molecule has 9 nitrogen and oxygen atoms in total. The van der Waals surface area contributed by atoms with Gasteiger partial charge in [-0.15, -0.1) is 0 Å². The van der Waals surface area contributed by atoms with E-state index in [4.69, 9.17) is 9.47 Å². The lowest BCUT2D eigenvalue weighted by atomic mass is 10.1. The standard InChI is InChI=1S/C23H28N6O3/c1-3-32-20-15-17(6-7-19(20)31-2)8-10-25-22(30)18-5-4-13-29(18)21-9-11-26-23(27-21)28-14-12-24-16-28/h6-7,9,11-12,14-16,18H,3-5,8,10,13H2,1-2H3,(H,25,30). The Balaban J connectivity index is 1.37. The van der Waals surface area contributed by atoms with Crippen molar-refractivity contribution in [3.63, 3.8) is 0 Å². The van der Waals surface area contributed by atoms with Crippen molar-refractivity contribution in [2.24, 2.45) is 0 Å². The number of nitrogens with one attached hydrogen (secondary N) is 1. The molecule has 32 heavy (non-hydrogen) atoms. The van der Waals surface area contributed by atoms with Gasteiger partial charge in [0.05, 0.1) is 13.7 Å². The second-order valence-electron chi connectivity index (χ2n) is 7.50. The minimum absolute atomic E-state index is 0.0174. The quantitative estimate of drug-likeness (QED) is 0.550. The topological polar surface area (TPSA) is 94.4 Å². The molecule has 0 aliphatic carbocycles. The Morgan fingerprint density at radius 3 is 2.94 bits per heavy atom. The number of methoxy groups -OCH3 is 1. The van der Waals surface area contributed by atoms with Crippen LogP contribution in [0.2, 0.25) is 0 Å². The first kappa shape index (κ1) is 21.6. The molecule has 1 unspecified atom stereocenters. The van der Waals surface area contributed by atoms with Gasteiger partial charge in [-0.25, -0.2) is 9.97 Å². The summed E-state index contributed by atoms with van der Waals surface area (Å²) >= 11 is 0. The monoisotopic (exact) mass is 436 g/mol. The molecule has 2 aromatic heterocycles. The number of anilines is 1. The summed E-state index contributed by atoms with van der Waals surface area (Å²) in [7, 11) is 1.63. The molecule has 1 amide bonds. The number of hydrogen-bond donors (Lipinski definition) is 1. The summed E-state index contributed by atoms with van der Waals surface area (Å²) in [5, 5.41) is 3.08. The maximum atomic E-state index is 12.9. The zero-order chi connectivity index (χ0) is 22.3. The highest BCUT2D eigenvalue weighted by Crippen LogP contribution is 2.28. The smallest absolute Gasteiger partial charge is 0.242 e. The normalized spacial score (nSPS) is 15.6. The van der Waals surface area contributed by atoms with Crippen LogP contribution >= 0.6 is 0 Å². The fourth-order valence-electron chi connectivity index (χ4n) is 3.91. The van der Waals surface area contributed by atoms with Gasteiger partial charge in [0.25, 0.3) is 0 Å². The molecule has 0 bridgehead atoms. The number of imidazole rings is 1. The zero-order valence-electron chi connectivity index (χ0n) is 18.4. The first-order valence-corrected chi connectivity index (χ1v) is 10.8. The molecule has 1 aromatic carbocycles. The molecular weight excluding hydrogens is 408 g/mol. The molecule has 1 atom stereocenters. The maximum Gasteiger partial charge on any atom is 0.242 e. The lowest BCUT2D eigenvalue weighted by Crippen LogP contribution is -2.44. The van der Waals surface area contributed by atoms with Crippen LogP contribution in [0, 0.1) is 0 Å². The van der Waals surface area contributed by atoms with Gasteiger partial charge in [0.15, 0.2) is 11.5 Å². The van der Waals surface area contributed by atoms with Gasteiger partial charge in [-0.05, 0) is 49.9 Å². The molecule has 1 fully saturated rings. The minimum Gasteiger partial charge on any atom is -0.493 e. The third-order valence-electron chi connectivity index (χ3n) is 5.45. The van der Waals surface area contributed by atoms with Crippen LogP contribution in [-0.4, -0.2) is 58.3 Å². The van der Waals surface area contributed by atoms with Crippen LogP contribution in [0.3, 0.4) is 0 Å². The van der Waals surface area contributed by atoms with Crippen molar-refractivity contribution in [3.8, 4) is 17.4 Å². The molecule has 3 aromatic rings. The largest absolute Gasteiger partial charge is 0.493 e. The first-order chi connectivity index (χ1) is 15.7. The van der Waals surface area contributed by atoms with Crippen LogP contribution < -0.4 is 19.7 Å². The Morgan fingerprint density at radius 1 is 1.25 bits per heavy atom. The van der Waals surface area contributed by atoms with E-state index in [2.05, 4.69) is 25.2 Å². The number of benzene rings is 1. The molecule has 1 aliphatic heterocycles. The van der Waals surface area contributed by atoms with Crippen LogP contribution in [0.5, 0.6) is 11.5 Å². The number of carbonyl (C=O) groups is 1. The van der Waals surface area contributed by atoms with Crippen molar-refractivity contribution in [2.45, 2.75) is 32.2 Å². The molecule has 1 saturated heterocycles. The number of ether oxygens (including phenoxy) is 2. The third-order valence-corrected chi connectivity index (χ3v) is 5.45. The molecule has 4 rings (SSSR count). The predicted molar refractivity (Wildman–Crippen MR) is 120 cm³/mol. The minimum atomic E-state index is -0.240. The van der Waals surface area contributed by atoms with E-state index in [1.165, 1.54) is 0 Å². The van der Waals surface area contributed by atoms with E-state index in [0.29, 0.717) is 31.3 Å². The Hall–Kier alpha value is -3.62. The predicted octanol–water partition coefficient (Wildman–Crippen LogP) is 2.40. The van der Waals surface area contributed by atoms with Gasteiger partial charge in [0.2, 0.25) is 11.9 Å². The molecule has 0 spiro atoms. The molecule has 3 heterocycles. The van der Waals surface area contributed by atoms with Crippen molar-refractivity contribution in [1.29, 1.82) is 0 Å². The second-order valence-corrected chi connectivity index (χ2v) is 7.50. The highest BCUT2D eigenvalue weighted by molar-refractivity contribution is 5.85. The molecule has 1 aliphatic rings. The number of amides is 1. The number of nitrogens with zero attached hydrogens (tertiary/aromatic N) is 5. The lowest BCUT2D eigenvalue weighted by Gasteiger charge is -2.25. The highest BCUT2D eigenvalue weighted by atomic mass is 16.5. The molecule has 168 valence electrons. The van der Waals surface area contributed by atoms with E-state index in [1.807, 2.05) is 31.2 Å². The van der Waals surface area contributed by atoms with Gasteiger partial charge in [0.1, 0.15) is 18.2 Å². The van der Waals surface area contributed by atoms with Crippen molar-refractivity contribution < 1.29 is 14.3 Å². The van der Waals surface area contributed by atoms with Crippen molar-refractivity contribution in [2.75, 3.05) is 31.7 Å². The van der Waals surface area contributed by atoms with Gasteiger partial charge < -0.3 is 19.7 Å². The van der Waals surface area contributed by atoms with Gasteiger partial charge in [-0.3, -0.25) is 9.36 Å². The Kier molecular flexibility index (Phi) is 6.84. The van der Waals surface area contributed by atoms with Crippen LogP contribution in [0.25, 0.3) is 5.95 Å². The van der Waals surface area contributed by atoms with E-state index in [-0.39, 0.29) is 11.9 Å². The van der Waals surface area contributed by atoms with Crippen LogP contribution in [0.15, 0.2) is 49.2 Å². The zero-order valence-corrected chi connectivity index (χ0v) is 18.4. The van der Waals surface area contributed by atoms with E-state index in [9.17, 15) is 4.79 Å². The Morgan fingerprint density at radius 2 is 2.16 bits per heavy atom. The highest BCUT2D eigenvalue weighted by Gasteiger charge is 2.31. The first-order valence-electron chi connectivity index (χ1n) is 10.8. The van der Waals surface area contributed by atoms with Gasteiger partial charge in [-0.2, -0.15) is 4.98 Å². The van der Waals surface area contributed by atoms with E-state index < -0.39 is 0 Å². The van der Waals surface area contributed by atoms with Crippen molar-refractivity contribution in [1.82, 2.24) is 24.8 Å². The number of rotatable bonds is 9. The van der Waals surface area contributed by atoms with Crippen molar-refractivity contribution in [3.05, 3.63) is 54.7 Å². The van der Waals surface area contributed by atoms with Crippen LogP contribution in [0.1, 0.15) is 25.3 Å². The number of hydrogen-bond acceptors (Lipinski definition) is 7. The van der Waals surface area contributed by atoms with E-state index in [1.54, 1.807) is 36.6 Å².